The number of para-hydroxylation sites is 1. The van der Waals surface area contributed by atoms with Crippen LogP contribution in [-0.4, -0.2) is 33.9 Å². The molecule has 29 heavy (non-hydrogen) atoms. The van der Waals surface area contributed by atoms with E-state index in [9.17, 15) is 4.79 Å². The van der Waals surface area contributed by atoms with Crippen LogP contribution in [0.1, 0.15) is 28.9 Å². The quantitative estimate of drug-likeness (QED) is 0.478. The number of thiophene rings is 1. The van der Waals surface area contributed by atoms with Gasteiger partial charge in [-0.05, 0) is 49.5 Å². The zero-order valence-electron chi connectivity index (χ0n) is 15.8. The van der Waals surface area contributed by atoms with Crippen LogP contribution in [0.5, 0.6) is 0 Å². The van der Waals surface area contributed by atoms with Gasteiger partial charge in [-0.25, -0.2) is 9.97 Å². The van der Waals surface area contributed by atoms with Gasteiger partial charge in [0.05, 0.1) is 27.3 Å². The minimum atomic E-state index is -0.150. The molecule has 0 unspecified atom stereocenters. The number of thiazole rings is 1. The average molecular weight is 421 g/mol. The van der Waals surface area contributed by atoms with E-state index in [0.717, 1.165) is 46.8 Å². The van der Waals surface area contributed by atoms with Crippen molar-refractivity contribution in [1.29, 1.82) is 0 Å². The molecule has 0 atom stereocenters. The maximum absolute atomic E-state index is 13.1. The number of pyridine rings is 1. The fraction of sp³-hybridized carbons (Fsp3) is 0.227. The van der Waals surface area contributed by atoms with Gasteiger partial charge in [-0.2, -0.15) is 0 Å². The lowest BCUT2D eigenvalue weighted by Crippen LogP contribution is -2.18. The maximum atomic E-state index is 13.1. The van der Waals surface area contributed by atoms with Gasteiger partial charge in [0, 0.05) is 17.3 Å². The molecule has 5 nitrogen and oxygen atoms in total. The molecule has 0 saturated carbocycles. The van der Waals surface area contributed by atoms with E-state index >= 15 is 0 Å². The molecule has 146 valence electrons. The number of amides is 1. The Morgan fingerprint density at radius 3 is 2.76 bits per heavy atom. The molecule has 1 aliphatic heterocycles. The van der Waals surface area contributed by atoms with Gasteiger partial charge < -0.3 is 0 Å². The molecule has 7 heteroatoms. The lowest BCUT2D eigenvalue weighted by atomic mass is 10.1. The van der Waals surface area contributed by atoms with Crippen LogP contribution in [-0.2, 0) is 6.54 Å². The summed E-state index contributed by atoms with van der Waals surface area (Å²) in [4.78, 5) is 25.9. The Morgan fingerprint density at radius 1 is 1.07 bits per heavy atom. The Kier molecular flexibility index (Phi) is 5.10. The second-order valence-corrected chi connectivity index (χ2v) is 8.94. The third-order valence-corrected chi connectivity index (χ3v) is 6.79. The summed E-state index contributed by atoms with van der Waals surface area (Å²) >= 11 is 3.10. The molecule has 5 rings (SSSR count). The van der Waals surface area contributed by atoms with Crippen molar-refractivity contribution in [2.24, 2.45) is 0 Å². The minimum absolute atomic E-state index is 0.150. The van der Waals surface area contributed by atoms with Crippen molar-refractivity contribution in [2.45, 2.75) is 19.4 Å². The number of nitrogens with one attached hydrogen (secondary N) is 1. The zero-order valence-corrected chi connectivity index (χ0v) is 17.4. The maximum Gasteiger partial charge on any atom is 0.258 e. The highest BCUT2D eigenvalue weighted by atomic mass is 32.1. The summed E-state index contributed by atoms with van der Waals surface area (Å²) in [7, 11) is 0. The number of aromatic nitrogens is 2. The third-order valence-electron chi connectivity index (χ3n) is 5.09. The lowest BCUT2D eigenvalue weighted by Gasteiger charge is -2.11. The van der Waals surface area contributed by atoms with Crippen LogP contribution >= 0.6 is 22.7 Å². The molecular formula is C22H20N4OS2. The highest BCUT2D eigenvalue weighted by Crippen LogP contribution is 2.28. The first kappa shape index (κ1) is 18.4. The van der Waals surface area contributed by atoms with Gasteiger partial charge in [0.1, 0.15) is 0 Å². The average Bonchev–Trinajstić information content (AvgIpc) is 3.51. The summed E-state index contributed by atoms with van der Waals surface area (Å²) in [6.45, 7) is 3.12. The van der Waals surface area contributed by atoms with Crippen molar-refractivity contribution < 1.29 is 4.79 Å². The standard InChI is InChI=1S/C22H20N4OS2/c27-21(25-22-23-15(14-29-22)13-26-9-3-4-10-26)17-12-19(20-8-5-11-28-20)24-18-7-2-1-6-16(17)18/h1-2,5-8,11-12,14H,3-4,9-10,13H2,(H,23,25,27). The number of hydrogen-bond acceptors (Lipinski definition) is 6. The first-order valence-corrected chi connectivity index (χ1v) is 11.4. The van der Waals surface area contributed by atoms with Gasteiger partial charge >= 0.3 is 0 Å². The molecule has 1 N–H and O–H groups in total. The van der Waals surface area contributed by atoms with Crippen LogP contribution in [0.2, 0.25) is 0 Å². The Balaban J connectivity index is 1.42. The van der Waals surface area contributed by atoms with Gasteiger partial charge in [0.15, 0.2) is 5.13 Å². The van der Waals surface area contributed by atoms with Gasteiger partial charge in [-0.15, -0.1) is 22.7 Å². The number of rotatable bonds is 5. The largest absolute Gasteiger partial charge is 0.298 e. The highest BCUT2D eigenvalue weighted by molar-refractivity contribution is 7.14. The van der Waals surface area contributed by atoms with Crippen molar-refractivity contribution >= 4 is 44.6 Å². The topological polar surface area (TPSA) is 58.1 Å². The Hall–Kier alpha value is -2.61. The molecule has 1 aromatic carbocycles. The number of benzene rings is 1. The SMILES string of the molecule is O=C(Nc1nc(CN2CCCC2)cs1)c1cc(-c2cccs2)nc2ccccc12. The molecule has 3 aromatic heterocycles. The van der Waals surface area contributed by atoms with Crippen LogP contribution in [0.15, 0.2) is 53.2 Å². The molecule has 0 radical (unpaired) electrons. The van der Waals surface area contributed by atoms with E-state index in [1.54, 1.807) is 11.3 Å². The first-order chi connectivity index (χ1) is 14.3. The molecule has 1 amide bonds. The second kappa shape index (κ2) is 8.02. The molecule has 0 bridgehead atoms. The van der Waals surface area contributed by atoms with E-state index in [1.165, 1.54) is 24.2 Å². The number of fused-ring (bicyclic) bond motifs is 1. The number of nitrogens with zero attached hydrogens (tertiary/aromatic N) is 3. The fourth-order valence-corrected chi connectivity index (χ4v) is 5.07. The van der Waals surface area contributed by atoms with Gasteiger partial charge in [0.25, 0.3) is 5.91 Å². The molecule has 4 heterocycles. The Morgan fingerprint density at radius 2 is 1.93 bits per heavy atom. The van der Waals surface area contributed by atoms with Crippen LogP contribution in [0.25, 0.3) is 21.5 Å². The number of carbonyl (C=O) groups is 1. The van der Waals surface area contributed by atoms with Crippen LogP contribution in [0.3, 0.4) is 0 Å². The number of carbonyl (C=O) groups excluding carboxylic acids is 1. The molecule has 1 aliphatic rings. The summed E-state index contributed by atoms with van der Waals surface area (Å²) < 4.78 is 0. The first-order valence-electron chi connectivity index (χ1n) is 9.68. The number of anilines is 1. The van der Waals surface area contributed by atoms with Crippen molar-refractivity contribution in [3.05, 3.63) is 64.5 Å². The van der Waals surface area contributed by atoms with E-state index < -0.39 is 0 Å². The minimum Gasteiger partial charge on any atom is -0.298 e. The molecule has 1 fully saturated rings. The normalized spacial score (nSPS) is 14.5. The molecule has 0 aliphatic carbocycles. The van der Waals surface area contributed by atoms with E-state index in [1.807, 2.05) is 53.2 Å². The summed E-state index contributed by atoms with van der Waals surface area (Å²) in [5.41, 5.74) is 3.27. The third kappa shape index (κ3) is 3.94. The lowest BCUT2D eigenvalue weighted by molar-refractivity contribution is 0.102. The molecule has 4 aromatic rings. The van der Waals surface area contributed by atoms with Crippen molar-refractivity contribution in [2.75, 3.05) is 18.4 Å². The monoisotopic (exact) mass is 420 g/mol. The summed E-state index contributed by atoms with van der Waals surface area (Å²) in [5, 5.41) is 8.54. The van der Waals surface area contributed by atoms with Crippen LogP contribution in [0, 0.1) is 0 Å². The molecule has 1 saturated heterocycles. The smallest absolute Gasteiger partial charge is 0.258 e. The number of hydrogen-bond donors (Lipinski definition) is 1. The highest BCUT2D eigenvalue weighted by Gasteiger charge is 2.17. The van der Waals surface area contributed by atoms with Gasteiger partial charge in [-0.1, -0.05) is 24.3 Å². The van der Waals surface area contributed by atoms with Crippen molar-refractivity contribution in [1.82, 2.24) is 14.9 Å². The predicted molar refractivity (Wildman–Crippen MR) is 120 cm³/mol. The van der Waals surface area contributed by atoms with Crippen molar-refractivity contribution in [3.63, 3.8) is 0 Å². The predicted octanol–water partition coefficient (Wildman–Crippen LogP) is 5.27. The fourth-order valence-electron chi connectivity index (χ4n) is 3.69. The van der Waals surface area contributed by atoms with Gasteiger partial charge in [0.2, 0.25) is 0 Å². The van der Waals surface area contributed by atoms with E-state index in [2.05, 4.69) is 15.2 Å². The van der Waals surface area contributed by atoms with E-state index in [0.29, 0.717) is 10.7 Å². The zero-order chi connectivity index (χ0) is 19.6. The molecular weight excluding hydrogens is 400 g/mol. The van der Waals surface area contributed by atoms with E-state index in [4.69, 9.17) is 4.98 Å². The summed E-state index contributed by atoms with van der Waals surface area (Å²) in [6.07, 6.45) is 2.52. The summed E-state index contributed by atoms with van der Waals surface area (Å²) in [5.74, 6) is -0.150. The van der Waals surface area contributed by atoms with Gasteiger partial charge in [-0.3, -0.25) is 15.0 Å². The van der Waals surface area contributed by atoms with Crippen LogP contribution in [0.4, 0.5) is 5.13 Å². The van der Waals surface area contributed by atoms with E-state index in [-0.39, 0.29) is 5.91 Å². The number of likely N-dealkylation sites (tertiary alicyclic amines) is 1. The van der Waals surface area contributed by atoms with Crippen molar-refractivity contribution in [3.8, 4) is 10.6 Å². The summed E-state index contributed by atoms with van der Waals surface area (Å²) in [6, 6.07) is 13.7. The second-order valence-electron chi connectivity index (χ2n) is 7.13. The van der Waals surface area contributed by atoms with Crippen LogP contribution < -0.4 is 5.32 Å². The Labute approximate surface area is 177 Å². The molecule has 0 spiro atoms. The Bertz CT molecular complexity index is 1150.